The normalized spacial score (nSPS) is 12.3. The first-order valence-corrected chi connectivity index (χ1v) is 6.89. The topological polar surface area (TPSA) is 51.5 Å². The molecule has 2 rings (SSSR count). The van der Waals surface area contributed by atoms with Crippen molar-refractivity contribution in [3.8, 4) is 5.75 Å². The van der Waals surface area contributed by atoms with Crippen LogP contribution in [-0.4, -0.2) is 13.0 Å². The average molecular weight is 285 g/mol. The molecule has 21 heavy (non-hydrogen) atoms. The molecular formula is C17H19NO3. The van der Waals surface area contributed by atoms with Gasteiger partial charge in [0.1, 0.15) is 11.5 Å². The van der Waals surface area contributed by atoms with E-state index in [4.69, 9.17) is 9.15 Å². The number of carbonyl (C=O) groups excluding carboxylic acids is 1. The molecule has 0 fully saturated rings. The molecule has 1 amide bonds. The molecule has 110 valence electrons. The highest BCUT2D eigenvalue weighted by molar-refractivity contribution is 5.91. The second-order valence-electron chi connectivity index (χ2n) is 4.59. The van der Waals surface area contributed by atoms with E-state index >= 15 is 0 Å². The summed E-state index contributed by atoms with van der Waals surface area (Å²) in [5.74, 6) is 1.31. The zero-order valence-electron chi connectivity index (χ0n) is 12.2. The van der Waals surface area contributed by atoms with Gasteiger partial charge in [0.05, 0.1) is 19.4 Å². The van der Waals surface area contributed by atoms with Crippen molar-refractivity contribution in [2.24, 2.45) is 0 Å². The van der Waals surface area contributed by atoms with E-state index < -0.39 is 0 Å². The fraction of sp³-hybridized carbons (Fsp3) is 0.235. The largest absolute Gasteiger partial charge is 0.497 e. The maximum atomic E-state index is 11.9. The van der Waals surface area contributed by atoms with E-state index in [0.717, 1.165) is 17.7 Å². The van der Waals surface area contributed by atoms with Crippen LogP contribution < -0.4 is 10.1 Å². The summed E-state index contributed by atoms with van der Waals surface area (Å²) >= 11 is 0. The van der Waals surface area contributed by atoms with Crippen LogP contribution in [0.2, 0.25) is 0 Å². The van der Waals surface area contributed by atoms with Crippen LogP contribution >= 0.6 is 0 Å². The van der Waals surface area contributed by atoms with Gasteiger partial charge in [0, 0.05) is 6.08 Å². The van der Waals surface area contributed by atoms with E-state index in [1.54, 1.807) is 31.6 Å². The minimum Gasteiger partial charge on any atom is -0.497 e. The number of nitrogens with one attached hydrogen (secondary N) is 1. The Labute approximate surface area is 124 Å². The van der Waals surface area contributed by atoms with Gasteiger partial charge in [0.25, 0.3) is 0 Å². The van der Waals surface area contributed by atoms with Gasteiger partial charge in [-0.15, -0.1) is 0 Å². The third-order valence-corrected chi connectivity index (χ3v) is 3.19. The lowest BCUT2D eigenvalue weighted by Crippen LogP contribution is -2.26. The van der Waals surface area contributed by atoms with Crippen molar-refractivity contribution in [3.63, 3.8) is 0 Å². The summed E-state index contributed by atoms with van der Waals surface area (Å²) < 4.78 is 10.3. The standard InChI is InChI=1S/C17H19NO3/c1-3-16(13-6-8-14(20-2)9-7-13)18-17(19)11-10-15-5-4-12-21-15/h4-12,16H,3H2,1-2H3,(H,18,19)/b11-10+. The van der Waals surface area contributed by atoms with Gasteiger partial charge in [-0.1, -0.05) is 19.1 Å². The Morgan fingerprint density at radius 3 is 2.67 bits per heavy atom. The molecule has 4 heteroatoms. The molecule has 1 atom stereocenters. The Bertz CT molecular complexity index is 585. The maximum Gasteiger partial charge on any atom is 0.244 e. The number of furan rings is 1. The second-order valence-corrected chi connectivity index (χ2v) is 4.59. The summed E-state index contributed by atoms with van der Waals surface area (Å²) in [6, 6.07) is 11.3. The summed E-state index contributed by atoms with van der Waals surface area (Å²) in [6.45, 7) is 2.03. The van der Waals surface area contributed by atoms with Gasteiger partial charge in [0.2, 0.25) is 5.91 Å². The maximum absolute atomic E-state index is 11.9. The monoisotopic (exact) mass is 285 g/mol. The molecule has 0 radical (unpaired) electrons. The number of methoxy groups -OCH3 is 1. The van der Waals surface area contributed by atoms with Crippen molar-refractivity contribution < 1.29 is 13.9 Å². The molecule has 0 saturated carbocycles. The molecule has 1 aromatic heterocycles. The molecule has 0 bridgehead atoms. The Morgan fingerprint density at radius 2 is 2.10 bits per heavy atom. The van der Waals surface area contributed by atoms with Crippen LogP contribution in [0.5, 0.6) is 5.75 Å². The molecule has 0 aliphatic heterocycles. The van der Waals surface area contributed by atoms with E-state index in [1.165, 1.54) is 6.08 Å². The fourth-order valence-corrected chi connectivity index (χ4v) is 2.02. The number of hydrogen-bond donors (Lipinski definition) is 1. The first kappa shape index (κ1) is 14.9. The number of benzene rings is 1. The van der Waals surface area contributed by atoms with Gasteiger partial charge < -0.3 is 14.5 Å². The summed E-state index contributed by atoms with van der Waals surface area (Å²) in [4.78, 5) is 11.9. The molecule has 1 N–H and O–H groups in total. The lowest BCUT2D eigenvalue weighted by Gasteiger charge is -2.16. The van der Waals surface area contributed by atoms with Crippen LogP contribution in [0.4, 0.5) is 0 Å². The van der Waals surface area contributed by atoms with Gasteiger partial charge >= 0.3 is 0 Å². The third kappa shape index (κ3) is 4.24. The quantitative estimate of drug-likeness (QED) is 0.825. The first-order chi connectivity index (χ1) is 10.2. The molecule has 1 heterocycles. The smallest absolute Gasteiger partial charge is 0.244 e. The van der Waals surface area contributed by atoms with Crippen molar-refractivity contribution in [3.05, 3.63) is 60.1 Å². The van der Waals surface area contributed by atoms with Crippen molar-refractivity contribution in [1.29, 1.82) is 0 Å². The zero-order valence-corrected chi connectivity index (χ0v) is 12.2. The van der Waals surface area contributed by atoms with Gasteiger partial charge in [-0.2, -0.15) is 0 Å². The van der Waals surface area contributed by atoms with Gasteiger partial charge in [0.15, 0.2) is 0 Å². The van der Waals surface area contributed by atoms with Crippen molar-refractivity contribution in [2.75, 3.05) is 7.11 Å². The third-order valence-electron chi connectivity index (χ3n) is 3.19. The molecule has 4 nitrogen and oxygen atoms in total. The van der Waals surface area contributed by atoms with Crippen LogP contribution in [0, 0.1) is 0 Å². The lowest BCUT2D eigenvalue weighted by atomic mass is 10.0. The summed E-state index contributed by atoms with van der Waals surface area (Å²) in [5, 5.41) is 2.97. The van der Waals surface area contributed by atoms with Crippen molar-refractivity contribution >= 4 is 12.0 Å². The number of carbonyl (C=O) groups is 1. The SMILES string of the molecule is CCC(NC(=O)/C=C/c1ccco1)c1ccc(OC)cc1. The van der Waals surface area contributed by atoms with E-state index in [2.05, 4.69) is 5.32 Å². The van der Waals surface area contributed by atoms with Crippen molar-refractivity contribution in [2.45, 2.75) is 19.4 Å². The van der Waals surface area contributed by atoms with Crippen LogP contribution in [0.15, 0.2) is 53.2 Å². The van der Waals surface area contributed by atoms with Gasteiger partial charge in [-0.25, -0.2) is 0 Å². The predicted molar refractivity (Wildman–Crippen MR) is 81.9 cm³/mol. The van der Waals surface area contributed by atoms with E-state index in [9.17, 15) is 4.79 Å². The molecular weight excluding hydrogens is 266 g/mol. The Balaban J connectivity index is 1.99. The van der Waals surface area contributed by atoms with Crippen LogP contribution in [-0.2, 0) is 4.79 Å². The Morgan fingerprint density at radius 1 is 1.33 bits per heavy atom. The predicted octanol–water partition coefficient (Wildman–Crippen LogP) is 3.57. The number of hydrogen-bond acceptors (Lipinski definition) is 3. The molecule has 1 aromatic carbocycles. The lowest BCUT2D eigenvalue weighted by molar-refractivity contribution is -0.117. The van der Waals surface area contributed by atoms with Crippen molar-refractivity contribution in [1.82, 2.24) is 5.32 Å². The molecule has 1 unspecified atom stereocenters. The van der Waals surface area contributed by atoms with Crippen LogP contribution in [0.1, 0.15) is 30.7 Å². The number of amides is 1. The number of rotatable bonds is 6. The number of ether oxygens (including phenoxy) is 1. The Hall–Kier alpha value is -2.49. The van der Waals surface area contributed by atoms with E-state index in [0.29, 0.717) is 5.76 Å². The van der Waals surface area contributed by atoms with E-state index in [-0.39, 0.29) is 11.9 Å². The average Bonchev–Trinajstić information content (AvgIpc) is 3.04. The van der Waals surface area contributed by atoms with Gasteiger partial charge in [-0.05, 0) is 42.3 Å². The van der Waals surface area contributed by atoms with Gasteiger partial charge in [-0.3, -0.25) is 4.79 Å². The summed E-state index contributed by atoms with van der Waals surface area (Å²) in [7, 11) is 1.63. The highest BCUT2D eigenvalue weighted by Gasteiger charge is 2.11. The Kier molecular flexibility index (Phi) is 5.21. The minimum atomic E-state index is -0.144. The summed E-state index contributed by atoms with van der Waals surface area (Å²) in [6.07, 6.45) is 5.51. The molecule has 0 aliphatic rings. The molecule has 2 aromatic rings. The highest BCUT2D eigenvalue weighted by atomic mass is 16.5. The van der Waals surface area contributed by atoms with E-state index in [1.807, 2.05) is 31.2 Å². The molecule has 0 spiro atoms. The van der Waals surface area contributed by atoms with Crippen LogP contribution in [0.3, 0.4) is 0 Å². The van der Waals surface area contributed by atoms with Crippen LogP contribution in [0.25, 0.3) is 6.08 Å². The zero-order chi connectivity index (χ0) is 15.1. The molecule has 0 aliphatic carbocycles. The second kappa shape index (κ2) is 7.33. The molecule has 0 saturated heterocycles. The minimum absolute atomic E-state index is 0.0235. The summed E-state index contributed by atoms with van der Waals surface area (Å²) in [5.41, 5.74) is 1.05. The first-order valence-electron chi connectivity index (χ1n) is 6.89. The highest BCUT2D eigenvalue weighted by Crippen LogP contribution is 2.20. The fourth-order valence-electron chi connectivity index (χ4n) is 2.02.